The zero-order chi connectivity index (χ0) is 31.9. The van der Waals surface area contributed by atoms with E-state index in [0.29, 0.717) is 17.5 Å². The van der Waals surface area contributed by atoms with Gasteiger partial charge in [-0.25, -0.2) is 15.0 Å². The lowest BCUT2D eigenvalue weighted by atomic mass is 9.85. The monoisotopic (exact) mass is 611 g/mol. The molecule has 0 amide bonds. The van der Waals surface area contributed by atoms with Crippen molar-refractivity contribution in [2.45, 2.75) is 0 Å². The van der Waals surface area contributed by atoms with Gasteiger partial charge in [-0.15, -0.1) is 0 Å². The Kier molecular flexibility index (Phi) is 6.80. The molecule has 3 heteroatoms. The Morgan fingerprint density at radius 1 is 0.229 bits per heavy atom. The minimum atomic E-state index is 0.648. The van der Waals surface area contributed by atoms with Gasteiger partial charge in [0.2, 0.25) is 0 Å². The van der Waals surface area contributed by atoms with Crippen LogP contribution in [0.4, 0.5) is 0 Å². The first kappa shape index (κ1) is 27.8. The van der Waals surface area contributed by atoms with E-state index in [1.807, 2.05) is 60.7 Å². The van der Waals surface area contributed by atoms with E-state index in [4.69, 9.17) is 15.0 Å². The summed E-state index contributed by atoms with van der Waals surface area (Å²) in [6, 6.07) is 61.7. The summed E-state index contributed by atoms with van der Waals surface area (Å²) in [6.45, 7) is 0. The molecule has 48 heavy (non-hydrogen) atoms. The molecular weight excluding hydrogens is 583 g/mol. The van der Waals surface area contributed by atoms with Gasteiger partial charge in [0.15, 0.2) is 17.5 Å². The third-order valence-corrected chi connectivity index (χ3v) is 9.13. The van der Waals surface area contributed by atoms with Crippen molar-refractivity contribution in [3.8, 4) is 56.4 Å². The molecule has 0 aliphatic rings. The average Bonchev–Trinajstić information content (AvgIpc) is 3.18. The Morgan fingerprint density at radius 3 is 0.938 bits per heavy atom. The molecule has 0 saturated heterocycles. The van der Waals surface area contributed by atoms with Gasteiger partial charge in [0, 0.05) is 16.7 Å². The number of nitrogens with zero attached hydrogens (tertiary/aromatic N) is 3. The van der Waals surface area contributed by atoms with Gasteiger partial charge in [-0.1, -0.05) is 176 Å². The summed E-state index contributed by atoms with van der Waals surface area (Å²) in [7, 11) is 0. The smallest absolute Gasteiger partial charge is 0.164 e. The van der Waals surface area contributed by atoms with E-state index >= 15 is 0 Å². The first-order valence-corrected chi connectivity index (χ1v) is 16.2. The van der Waals surface area contributed by atoms with Crippen molar-refractivity contribution in [3.05, 3.63) is 176 Å². The number of rotatable bonds is 5. The van der Waals surface area contributed by atoms with Crippen molar-refractivity contribution >= 4 is 32.3 Å². The molecule has 0 radical (unpaired) electrons. The lowest BCUT2D eigenvalue weighted by Crippen LogP contribution is -2.00. The number of benzene rings is 8. The minimum absolute atomic E-state index is 0.648. The lowest BCUT2D eigenvalue weighted by molar-refractivity contribution is 1.07. The maximum absolute atomic E-state index is 4.95. The topological polar surface area (TPSA) is 38.7 Å². The van der Waals surface area contributed by atoms with Crippen LogP contribution in [0.25, 0.3) is 88.7 Å². The Hall–Kier alpha value is -6.45. The van der Waals surface area contributed by atoms with Crippen LogP contribution in [0.5, 0.6) is 0 Å². The summed E-state index contributed by atoms with van der Waals surface area (Å²) in [5, 5.41) is 7.57. The summed E-state index contributed by atoms with van der Waals surface area (Å²) in [5.41, 5.74) is 7.64. The van der Waals surface area contributed by atoms with Crippen LogP contribution in [0.1, 0.15) is 0 Å². The van der Waals surface area contributed by atoms with Crippen molar-refractivity contribution < 1.29 is 0 Å². The van der Waals surface area contributed by atoms with Gasteiger partial charge in [0.25, 0.3) is 0 Å². The molecule has 0 bridgehead atoms. The predicted molar refractivity (Wildman–Crippen MR) is 200 cm³/mol. The maximum atomic E-state index is 4.95. The molecule has 224 valence electrons. The average molecular weight is 612 g/mol. The Bertz CT molecular complexity index is 2520. The van der Waals surface area contributed by atoms with E-state index in [2.05, 4.69) is 115 Å². The fourth-order valence-corrected chi connectivity index (χ4v) is 6.87. The van der Waals surface area contributed by atoms with Gasteiger partial charge in [-0.05, 0) is 54.6 Å². The van der Waals surface area contributed by atoms with Crippen LogP contribution in [0.15, 0.2) is 176 Å². The number of aromatic nitrogens is 3. The van der Waals surface area contributed by atoms with Crippen molar-refractivity contribution in [2.75, 3.05) is 0 Å². The second kappa shape index (κ2) is 11.7. The van der Waals surface area contributed by atoms with Crippen LogP contribution in [0.2, 0.25) is 0 Å². The molecule has 0 spiro atoms. The van der Waals surface area contributed by atoms with Crippen LogP contribution in [0.3, 0.4) is 0 Å². The zero-order valence-electron chi connectivity index (χ0n) is 26.1. The van der Waals surface area contributed by atoms with E-state index in [0.717, 1.165) is 22.3 Å². The molecule has 0 atom stereocenters. The van der Waals surface area contributed by atoms with Crippen molar-refractivity contribution in [2.24, 2.45) is 0 Å². The molecule has 9 aromatic rings. The van der Waals surface area contributed by atoms with Gasteiger partial charge in [-0.2, -0.15) is 0 Å². The molecule has 8 aromatic carbocycles. The second-order valence-corrected chi connectivity index (χ2v) is 12.0. The zero-order valence-corrected chi connectivity index (χ0v) is 26.1. The summed E-state index contributed by atoms with van der Waals surface area (Å²) < 4.78 is 0. The van der Waals surface area contributed by atoms with Gasteiger partial charge < -0.3 is 0 Å². The molecule has 0 aliphatic carbocycles. The third-order valence-electron chi connectivity index (χ3n) is 9.13. The first-order valence-electron chi connectivity index (χ1n) is 16.2. The molecule has 0 fully saturated rings. The van der Waals surface area contributed by atoms with E-state index in [1.54, 1.807) is 0 Å². The predicted octanol–water partition coefficient (Wildman–Crippen LogP) is 11.7. The molecule has 3 nitrogen and oxygen atoms in total. The standard InChI is InChI=1S/C45H29N3/c1-4-14-30(15-5-1)35-28-29-36(42-40-23-13-11-21-38(40)37-20-10-12-22-39(37)41(35)42)31-24-26-34(27-25-31)45-47-43(32-16-6-2-7-17-32)46-44(48-45)33-18-8-3-9-19-33/h1-29H. The Labute approximate surface area is 278 Å². The SMILES string of the molecule is c1ccc(-c2nc(-c3ccccc3)nc(-c3ccc(-c4ccc(-c5ccccc5)c5c6ccccc6c6ccccc6c45)cc3)n2)cc1. The molecule has 0 aliphatic heterocycles. The molecule has 1 aromatic heterocycles. The normalized spacial score (nSPS) is 11.3. The highest BCUT2D eigenvalue weighted by atomic mass is 15.0. The van der Waals surface area contributed by atoms with Gasteiger partial charge in [-0.3, -0.25) is 0 Å². The van der Waals surface area contributed by atoms with Crippen LogP contribution in [-0.2, 0) is 0 Å². The molecular formula is C45H29N3. The van der Waals surface area contributed by atoms with E-state index in [1.165, 1.54) is 49.0 Å². The first-order chi connectivity index (χ1) is 23.8. The van der Waals surface area contributed by atoms with Crippen LogP contribution < -0.4 is 0 Å². The van der Waals surface area contributed by atoms with E-state index in [9.17, 15) is 0 Å². The van der Waals surface area contributed by atoms with Gasteiger partial charge >= 0.3 is 0 Å². The number of hydrogen-bond acceptors (Lipinski definition) is 3. The summed E-state index contributed by atoms with van der Waals surface area (Å²) >= 11 is 0. The second-order valence-electron chi connectivity index (χ2n) is 12.0. The third kappa shape index (κ3) is 4.81. The summed E-state index contributed by atoms with van der Waals surface area (Å²) in [4.78, 5) is 14.8. The molecule has 0 saturated carbocycles. The van der Waals surface area contributed by atoms with Crippen LogP contribution in [0, 0.1) is 0 Å². The highest BCUT2D eigenvalue weighted by Crippen LogP contribution is 2.44. The van der Waals surface area contributed by atoms with Crippen molar-refractivity contribution in [1.82, 2.24) is 15.0 Å². The fraction of sp³-hybridized carbons (Fsp3) is 0. The minimum Gasteiger partial charge on any atom is -0.208 e. The van der Waals surface area contributed by atoms with Gasteiger partial charge in [0.1, 0.15) is 0 Å². The van der Waals surface area contributed by atoms with Crippen molar-refractivity contribution in [1.29, 1.82) is 0 Å². The largest absolute Gasteiger partial charge is 0.208 e. The summed E-state index contributed by atoms with van der Waals surface area (Å²) in [5.74, 6) is 1.96. The van der Waals surface area contributed by atoms with Crippen LogP contribution in [-0.4, -0.2) is 15.0 Å². The molecule has 1 heterocycles. The summed E-state index contributed by atoms with van der Waals surface area (Å²) in [6.07, 6.45) is 0. The Balaban J connectivity index is 1.25. The van der Waals surface area contributed by atoms with Crippen LogP contribution >= 0.6 is 0 Å². The van der Waals surface area contributed by atoms with E-state index < -0.39 is 0 Å². The lowest BCUT2D eigenvalue weighted by Gasteiger charge is -2.18. The van der Waals surface area contributed by atoms with Crippen molar-refractivity contribution in [3.63, 3.8) is 0 Å². The Morgan fingerprint density at radius 2 is 0.521 bits per heavy atom. The molecule has 9 rings (SSSR count). The maximum Gasteiger partial charge on any atom is 0.164 e. The fourth-order valence-electron chi connectivity index (χ4n) is 6.87. The molecule has 0 unspecified atom stereocenters. The van der Waals surface area contributed by atoms with E-state index in [-0.39, 0.29) is 0 Å². The highest BCUT2D eigenvalue weighted by molar-refractivity contribution is 6.31. The number of fused-ring (bicyclic) bond motifs is 6. The highest BCUT2D eigenvalue weighted by Gasteiger charge is 2.18. The molecule has 0 N–H and O–H groups in total. The quantitative estimate of drug-likeness (QED) is 0.182. The number of hydrogen-bond donors (Lipinski definition) is 0. The van der Waals surface area contributed by atoms with Gasteiger partial charge in [0.05, 0.1) is 0 Å².